The Hall–Kier alpha value is -1.78. The summed E-state index contributed by atoms with van der Waals surface area (Å²) in [6.45, 7) is 6.52. The van der Waals surface area contributed by atoms with Crippen molar-refractivity contribution >= 4 is 11.8 Å². The average Bonchev–Trinajstić information content (AvgIpc) is 2.81. The second-order valence-electron chi connectivity index (χ2n) is 6.08. The summed E-state index contributed by atoms with van der Waals surface area (Å²) in [6, 6.07) is 2.45. The molecule has 1 aliphatic rings. The predicted molar refractivity (Wildman–Crippen MR) is 87.0 cm³/mol. The lowest BCUT2D eigenvalue weighted by molar-refractivity contribution is -0.120. The van der Waals surface area contributed by atoms with Crippen LogP contribution in [0.25, 0.3) is 0 Å². The molecule has 0 unspecified atom stereocenters. The maximum Gasteiger partial charge on any atom is 0.253 e. The van der Waals surface area contributed by atoms with Crippen LogP contribution in [0.3, 0.4) is 0 Å². The third-order valence-electron chi connectivity index (χ3n) is 4.45. The number of nitrogens with one attached hydrogen (secondary N) is 2. The van der Waals surface area contributed by atoms with E-state index < -0.39 is 0 Å². The number of aromatic nitrogens is 1. The minimum atomic E-state index is -0.165. The van der Waals surface area contributed by atoms with Gasteiger partial charge in [0.25, 0.3) is 5.91 Å². The molecule has 5 heteroatoms. The van der Waals surface area contributed by atoms with Crippen LogP contribution in [-0.2, 0) is 4.79 Å². The van der Waals surface area contributed by atoms with E-state index >= 15 is 0 Å². The highest BCUT2D eigenvalue weighted by Crippen LogP contribution is 2.32. The first-order valence-corrected chi connectivity index (χ1v) is 8.28. The Labute approximate surface area is 132 Å². The van der Waals surface area contributed by atoms with Gasteiger partial charge in [0.15, 0.2) is 0 Å². The van der Waals surface area contributed by atoms with Gasteiger partial charge in [0.05, 0.1) is 12.1 Å². The van der Waals surface area contributed by atoms with Crippen molar-refractivity contribution in [2.75, 3.05) is 13.1 Å². The number of aryl methyl sites for hydroxylation is 1. The molecule has 5 nitrogen and oxygen atoms in total. The topological polar surface area (TPSA) is 63.1 Å². The third-order valence-corrected chi connectivity index (χ3v) is 4.45. The number of rotatable bonds is 5. The fraction of sp³-hybridized carbons (Fsp3) is 0.647. The van der Waals surface area contributed by atoms with Gasteiger partial charge in [-0.1, -0.05) is 19.3 Å². The first-order chi connectivity index (χ1) is 10.5. The molecule has 2 amide bonds. The standard InChI is InChI=1S/C17H27N3O2/c1-4-18-16(21)11-19-17(22)15-10-12(2)20(13(15)3)14-8-6-5-7-9-14/h10,14H,4-9,11H2,1-3H3,(H,18,21)(H,19,22). The highest BCUT2D eigenvalue weighted by molar-refractivity contribution is 5.97. The van der Waals surface area contributed by atoms with Crippen LogP contribution in [0.4, 0.5) is 0 Å². The van der Waals surface area contributed by atoms with Crippen LogP contribution in [0.15, 0.2) is 6.07 Å². The molecule has 1 fully saturated rings. The molecule has 1 aromatic heterocycles. The molecule has 2 N–H and O–H groups in total. The van der Waals surface area contributed by atoms with Gasteiger partial charge in [-0.2, -0.15) is 0 Å². The van der Waals surface area contributed by atoms with Gasteiger partial charge in [0.1, 0.15) is 0 Å². The van der Waals surface area contributed by atoms with Crippen LogP contribution >= 0.6 is 0 Å². The molecule has 0 radical (unpaired) electrons. The number of hydrogen-bond acceptors (Lipinski definition) is 2. The van der Waals surface area contributed by atoms with E-state index in [1.165, 1.54) is 32.1 Å². The zero-order valence-electron chi connectivity index (χ0n) is 13.9. The van der Waals surface area contributed by atoms with Crippen LogP contribution in [0, 0.1) is 13.8 Å². The molecule has 2 rings (SSSR count). The van der Waals surface area contributed by atoms with Crippen molar-refractivity contribution < 1.29 is 9.59 Å². The number of amides is 2. The first kappa shape index (κ1) is 16.6. The number of nitrogens with zero attached hydrogens (tertiary/aromatic N) is 1. The molecule has 22 heavy (non-hydrogen) atoms. The maximum absolute atomic E-state index is 12.3. The quantitative estimate of drug-likeness (QED) is 0.878. The molecule has 0 aromatic carbocycles. The highest BCUT2D eigenvalue weighted by atomic mass is 16.2. The molecular weight excluding hydrogens is 278 g/mol. The summed E-state index contributed by atoms with van der Waals surface area (Å²) < 4.78 is 2.31. The zero-order chi connectivity index (χ0) is 16.1. The Morgan fingerprint density at radius 1 is 1.18 bits per heavy atom. The molecule has 0 spiro atoms. The number of likely N-dealkylation sites (N-methyl/N-ethyl adjacent to an activating group) is 1. The second-order valence-corrected chi connectivity index (χ2v) is 6.08. The van der Waals surface area contributed by atoms with Crippen LogP contribution < -0.4 is 10.6 Å². The largest absolute Gasteiger partial charge is 0.355 e. The lowest BCUT2D eigenvalue weighted by Gasteiger charge is -2.26. The monoisotopic (exact) mass is 305 g/mol. The van der Waals surface area contributed by atoms with Gasteiger partial charge >= 0.3 is 0 Å². The molecule has 1 aromatic rings. The average molecular weight is 305 g/mol. The van der Waals surface area contributed by atoms with E-state index in [-0.39, 0.29) is 18.4 Å². The van der Waals surface area contributed by atoms with E-state index in [2.05, 4.69) is 22.1 Å². The van der Waals surface area contributed by atoms with E-state index in [1.54, 1.807) is 0 Å². The van der Waals surface area contributed by atoms with E-state index in [1.807, 2.05) is 19.9 Å². The van der Waals surface area contributed by atoms with Crippen molar-refractivity contribution in [1.29, 1.82) is 0 Å². The van der Waals surface area contributed by atoms with Crippen molar-refractivity contribution in [3.63, 3.8) is 0 Å². The van der Waals surface area contributed by atoms with E-state index in [9.17, 15) is 9.59 Å². The highest BCUT2D eigenvalue weighted by Gasteiger charge is 2.22. The van der Waals surface area contributed by atoms with Gasteiger partial charge < -0.3 is 15.2 Å². The lowest BCUT2D eigenvalue weighted by atomic mass is 9.95. The van der Waals surface area contributed by atoms with Gasteiger partial charge in [0, 0.05) is 24.0 Å². The summed E-state index contributed by atoms with van der Waals surface area (Å²) in [5, 5.41) is 5.38. The minimum Gasteiger partial charge on any atom is -0.355 e. The van der Waals surface area contributed by atoms with Crippen molar-refractivity contribution in [1.82, 2.24) is 15.2 Å². The number of carbonyl (C=O) groups excluding carboxylic acids is 2. The summed E-state index contributed by atoms with van der Waals surface area (Å²) in [5.74, 6) is -0.321. The fourth-order valence-corrected chi connectivity index (χ4v) is 3.42. The Morgan fingerprint density at radius 2 is 1.86 bits per heavy atom. The lowest BCUT2D eigenvalue weighted by Crippen LogP contribution is -2.36. The number of hydrogen-bond donors (Lipinski definition) is 2. The normalized spacial score (nSPS) is 15.6. The van der Waals surface area contributed by atoms with Crippen molar-refractivity contribution in [3.8, 4) is 0 Å². The van der Waals surface area contributed by atoms with Gasteiger partial charge in [-0.05, 0) is 39.7 Å². The molecule has 1 aliphatic carbocycles. The van der Waals surface area contributed by atoms with Crippen molar-refractivity contribution in [3.05, 3.63) is 23.0 Å². The van der Waals surface area contributed by atoms with E-state index in [0.717, 1.165) is 11.4 Å². The van der Waals surface area contributed by atoms with E-state index in [0.29, 0.717) is 18.2 Å². The van der Waals surface area contributed by atoms with Gasteiger partial charge in [-0.25, -0.2) is 0 Å². The predicted octanol–water partition coefficient (Wildman–Crippen LogP) is 2.48. The van der Waals surface area contributed by atoms with Crippen molar-refractivity contribution in [2.45, 2.75) is 58.9 Å². The maximum atomic E-state index is 12.3. The molecule has 0 bridgehead atoms. The smallest absolute Gasteiger partial charge is 0.253 e. The third kappa shape index (κ3) is 3.70. The summed E-state index contributed by atoms with van der Waals surface area (Å²) >= 11 is 0. The molecule has 0 atom stereocenters. The SMILES string of the molecule is CCNC(=O)CNC(=O)c1cc(C)n(C2CCCCC2)c1C. The number of carbonyl (C=O) groups is 2. The van der Waals surface area contributed by atoms with E-state index in [4.69, 9.17) is 0 Å². The Morgan fingerprint density at radius 3 is 2.50 bits per heavy atom. The van der Waals surface area contributed by atoms with Crippen LogP contribution in [0.1, 0.15) is 66.8 Å². The second kappa shape index (κ2) is 7.47. The van der Waals surface area contributed by atoms with Gasteiger partial charge in [0.2, 0.25) is 5.91 Å². The van der Waals surface area contributed by atoms with Crippen LogP contribution in [-0.4, -0.2) is 29.5 Å². The molecule has 1 saturated carbocycles. The molecule has 0 aliphatic heterocycles. The van der Waals surface area contributed by atoms with Crippen LogP contribution in [0.2, 0.25) is 0 Å². The summed E-state index contributed by atoms with van der Waals surface area (Å²) in [6.07, 6.45) is 6.23. The van der Waals surface area contributed by atoms with Crippen molar-refractivity contribution in [2.24, 2.45) is 0 Å². The summed E-state index contributed by atoms with van der Waals surface area (Å²) in [4.78, 5) is 23.8. The molecule has 122 valence electrons. The van der Waals surface area contributed by atoms with Gasteiger partial charge in [-0.3, -0.25) is 9.59 Å². The van der Waals surface area contributed by atoms with Gasteiger partial charge in [-0.15, -0.1) is 0 Å². The molecular formula is C17H27N3O2. The molecule has 1 heterocycles. The summed E-state index contributed by atoms with van der Waals surface area (Å²) in [5.41, 5.74) is 2.83. The van der Waals surface area contributed by atoms with Crippen LogP contribution in [0.5, 0.6) is 0 Å². The minimum absolute atomic E-state index is 0.0275. The zero-order valence-corrected chi connectivity index (χ0v) is 13.9. The Balaban J connectivity index is 2.08. The summed E-state index contributed by atoms with van der Waals surface area (Å²) in [7, 11) is 0. The molecule has 0 saturated heterocycles. The Bertz CT molecular complexity index is 542. The fourth-order valence-electron chi connectivity index (χ4n) is 3.42. The first-order valence-electron chi connectivity index (χ1n) is 8.28. The Kier molecular flexibility index (Phi) is 5.63.